The van der Waals surface area contributed by atoms with Gasteiger partial charge in [-0.15, -0.1) is 5.10 Å². The van der Waals surface area contributed by atoms with Crippen molar-refractivity contribution in [1.29, 1.82) is 0 Å². The van der Waals surface area contributed by atoms with E-state index in [1.807, 2.05) is 18.2 Å². The molecular formula is C20H15BrCl2N6O2. The Labute approximate surface area is 195 Å². The Bertz CT molecular complexity index is 1230. The maximum Gasteiger partial charge on any atom is 0.278 e. The van der Waals surface area contributed by atoms with Crippen molar-refractivity contribution in [2.75, 3.05) is 5.32 Å². The van der Waals surface area contributed by atoms with Gasteiger partial charge in [0.2, 0.25) is 5.95 Å². The minimum absolute atomic E-state index is 0.125. The third-order valence-corrected chi connectivity index (χ3v) is 5.20. The third kappa shape index (κ3) is 5.63. The van der Waals surface area contributed by atoms with Crippen LogP contribution in [0.2, 0.25) is 10.0 Å². The minimum Gasteiger partial charge on any atom is -0.470 e. The van der Waals surface area contributed by atoms with Crippen LogP contribution in [0.15, 0.2) is 65.5 Å². The fourth-order valence-corrected chi connectivity index (χ4v) is 3.71. The molecule has 1 amide bonds. The molecule has 8 nitrogen and oxygen atoms in total. The molecule has 0 aliphatic carbocycles. The lowest BCUT2D eigenvalue weighted by atomic mass is 10.2. The molecule has 158 valence electrons. The Morgan fingerprint density at radius 3 is 2.71 bits per heavy atom. The number of rotatable bonds is 7. The Hall–Kier alpha value is -2.88. The number of anilines is 1. The number of ether oxygens (including phenoxy) is 1. The summed E-state index contributed by atoms with van der Waals surface area (Å²) in [6, 6.07) is 14.2. The van der Waals surface area contributed by atoms with Gasteiger partial charge in [-0.05, 0) is 57.9 Å². The van der Waals surface area contributed by atoms with E-state index < -0.39 is 5.91 Å². The lowest BCUT2D eigenvalue weighted by Gasteiger charge is -2.08. The Kier molecular flexibility index (Phi) is 6.55. The fraction of sp³-hybridized carbons (Fsp3) is 0.100. The summed E-state index contributed by atoms with van der Waals surface area (Å²) in [4.78, 5) is 16.6. The normalized spacial score (nSPS) is 10.8. The average molecular weight is 522 g/mol. The van der Waals surface area contributed by atoms with E-state index in [0.29, 0.717) is 22.3 Å². The largest absolute Gasteiger partial charge is 0.470 e. The summed E-state index contributed by atoms with van der Waals surface area (Å²) < 4.78 is 9.52. The Morgan fingerprint density at radius 1 is 1.06 bits per heavy atom. The van der Waals surface area contributed by atoms with E-state index >= 15 is 0 Å². The quantitative estimate of drug-likeness (QED) is 0.374. The first kappa shape index (κ1) is 21.4. The number of carbonyl (C=O) groups excluding carboxylic acids is 1. The summed E-state index contributed by atoms with van der Waals surface area (Å²) in [6.07, 6.45) is 3.18. The standard InChI is InChI=1S/C20H15BrCl2N6O2/c21-16-9-15(23)4-5-18(16)31-12-28-7-6-17(26-28)19(30)25-20-24-11-29(27-20)10-13-2-1-3-14(22)8-13/h1-9,11H,10,12H2,(H,25,27,30). The minimum atomic E-state index is -0.424. The molecule has 31 heavy (non-hydrogen) atoms. The van der Waals surface area contributed by atoms with Gasteiger partial charge < -0.3 is 4.74 Å². The number of carbonyl (C=O) groups is 1. The molecule has 0 bridgehead atoms. The molecular weight excluding hydrogens is 507 g/mol. The summed E-state index contributed by atoms with van der Waals surface area (Å²) in [6.45, 7) is 0.607. The van der Waals surface area contributed by atoms with Gasteiger partial charge >= 0.3 is 0 Å². The Balaban J connectivity index is 1.34. The third-order valence-electron chi connectivity index (χ3n) is 4.11. The summed E-state index contributed by atoms with van der Waals surface area (Å²) in [5.41, 5.74) is 1.19. The van der Waals surface area contributed by atoms with Crippen molar-refractivity contribution in [1.82, 2.24) is 24.5 Å². The predicted octanol–water partition coefficient (Wildman–Crippen LogP) is 4.88. The van der Waals surface area contributed by atoms with E-state index in [-0.39, 0.29) is 18.4 Å². The Morgan fingerprint density at radius 2 is 1.90 bits per heavy atom. The van der Waals surface area contributed by atoms with Gasteiger partial charge in [0.05, 0.1) is 11.0 Å². The molecule has 0 atom stereocenters. The van der Waals surface area contributed by atoms with Gasteiger partial charge in [0.1, 0.15) is 12.1 Å². The first-order valence-corrected chi connectivity index (χ1v) is 10.6. The second-order valence-corrected chi connectivity index (χ2v) is 8.17. The number of nitrogens with zero attached hydrogens (tertiary/aromatic N) is 5. The van der Waals surface area contributed by atoms with Crippen molar-refractivity contribution in [3.05, 3.63) is 86.8 Å². The van der Waals surface area contributed by atoms with Gasteiger partial charge in [-0.1, -0.05) is 35.3 Å². The van der Waals surface area contributed by atoms with E-state index in [1.54, 1.807) is 41.2 Å². The van der Waals surface area contributed by atoms with E-state index in [9.17, 15) is 4.79 Å². The highest BCUT2D eigenvalue weighted by atomic mass is 79.9. The molecule has 2 aromatic carbocycles. The lowest BCUT2D eigenvalue weighted by molar-refractivity contribution is 0.101. The van der Waals surface area contributed by atoms with Crippen molar-refractivity contribution < 1.29 is 9.53 Å². The molecule has 0 fully saturated rings. The van der Waals surface area contributed by atoms with Gasteiger partial charge in [0.15, 0.2) is 12.4 Å². The molecule has 0 radical (unpaired) electrons. The number of nitrogens with one attached hydrogen (secondary N) is 1. The molecule has 2 heterocycles. The lowest BCUT2D eigenvalue weighted by Crippen LogP contribution is -2.15. The van der Waals surface area contributed by atoms with Gasteiger partial charge in [0.25, 0.3) is 5.91 Å². The molecule has 0 unspecified atom stereocenters. The zero-order valence-corrected chi connectivity index (χ0v) is 19.0. The summed E-state index contributed by atoms with van der Waals surface area (Å²) in [5, 5.41) is 12.3. The van der Waals surface area contributed by atoms with Crippen LogP contribution in [0.5, 0.6) is 5.75 Å². The molecule has 0 saturated carbocycles. The van der Waals surface area contributed by atoms with Gasteiger partial charge in [0, 0.05) is 16.2 Å². The van der Waals surface area contributed by atoms with Crippen LogP contribution in [-0.4, -0.2) is 30.5 Å². The van der Waals surface area contributed by atoms with Gasteiger partial charge in [-0.25, -0.2) is 14.3 Å². The first-order valence-electron chi connectivity index (χ1n) is 9.03. The smallest absolute Gasteiger partial charge is 0.278 e. The summed E-state index contributed by atoms with van der Waals surface area (Å²) in [5.74, 6) is 0.371. The molecule has 0 spiro atoms. The van der Waals surface area contributed by atoms with Crippen LogP contribution in [0, 0.1) is 0 Å². The molecule has 0 aliphatic rings. The monoisotopic (exact) mass is 520 g/mol. The van der Waals surface area contributed by atoms with E-state index in [0.717, 1.165) is 10.0 Å². The second kappa shape index (κ2) is 9.51. The average Bonchev–Trinajstić information content (AvgIpc) is 3.37. The van der Waals surface area contributed by atoms with Crippen molar-refractivity contribution in [2.24, 2.45) is 0 Å². The van der Waals surface area contributed by atoms with Crippen LogP contribution in [0.1, 0.15) is 16.1 Å². The molecule has 4 aromatic rings. The maximum atomic E-state index is 12.4. The van der Waals surface area contributed by atoms with E-state index in [2.05, 4.69) is 36.4 Å². The number of halogens is 3. The van der Waals surface area contributed by atoms with Crippen LogP contribution in [0.25, 0.3) is 0 Å². The fourth-order valence-electron chi connectivity index (χ4n) is 2.70. The maximum absolute atomic E-state index is 12.4. The first-order chi connectivity index (χ1) is 15.0. The van der Waals surface area contributed by atoms with Crippen LogP contribution in [0.4, 0.5) is 5.95 Å². The van der Waals surface area contributed by atoms with Gasteiger partial charge in [-0.3, -0.25) is 10.1 Å². The van der Waals surface area contributed by atoms with Crippen LogP contribution in [0.3, 0.4) is 0 Å². The highest BCUT2D eigenvalue weighted by Gasteiger charge is 2.13. The predicted molar refractivity (Wildman–Crippen MR) is 121 cm³/mol. The van der Waals surface area contributed by atoms with Gasteiger partial charge in [-0.2, -0.15) is 5.10 Å². The van der Waals surface area contributed by atoms with Crippen LogP contribution < -0.4 is 10.1 Å². The summed E-state index contributed by atoms with van der Waals surface area (Å²) in [7, 11) is 0. The molecule has 11 heteroatoms. The summed E-state index contributed by atoms with van der Waals surface area (Å²) >= 11 is 15.3. The van der Waals surface area contributed by atoms with Crippen LogP contribution in [-0.2, 0) is 13.3 Å². The van der Waals surface area contributed by atoms with Crippen molar-refractivity contribution >= 4 is 51.0 Å². The molecule has 0 saturated heterocycles. The number of aromatic nitrogens is 5. The van der Waals surface area contributed by atoms with Crippen LogP contribution >= 0.6 is 39.1 Å². The number of amides is 1. The second-order valence-electron chi connectivity index (χ2n) is 6.44. The topological polar surface area (TPSA) is 86.9 Å². The molecule has 4 rings (SSSR count). The van der Waals surface area contributed by atoms with Crippen molar-refractivity contribution in [3.8, 4) is 5.75 Å². The molecule has 0 aliphatic heterocycles. The molecule has 1 N–H and O–H groups in total. The number of hydrogen-bond donors (Lipinski definition) is 1. The zero-order valence-electron chi connectivity index (χ0n) is 15.9. The van der Waals surface area contributed by atoms with E-state index in [1.165, 1.54) is 11.0 Å². The van der Waals surface area contributed by atoms with E-state index in [4.69, 9.17) is 27.9 Å². The molecule has 2 aromatic heterocycles. The van der Waals surface area contributed by atoms with Crippen molar-refractivity contribution in [3.63, 3.8) is 0 Å². The number of benzene rings is 2. The van der Waals surface area contributed by atoms with Crippen molar-refractivity contribution in [2.45, 2.75) is 13.3 Å². The SMILES string of the molecule is O=C(Nc1ncn(Cc2cccc(Cl)c2)n1)c1ccn(COc2ccc(Cl)cc2Br)n1. The zero-order chi connectivity index (χ0) is 21.8. The highest BCUT2D eigenvalue weighted by Crippen LogP contribution is 2.28. The number of hydrogen-bond acceptors (Lipinski definition) is 5. The highest BCUT2D eigenvalue weighted by molar-refractivity contribution is 9.10.